The maximum Gasteiger partial charge on any atom is 0.256 e. The molecule has 4 rings (SSSR count). The molecule has 0 bridgehead atoms. The molecular formula is C25H19Cl4N3O3. The molecular weight excluding hydrogens is 532 g/mol. The minimum Gasteiger partial charge on any atom is -0.496 e. The van der Waals surface area contributed by atoms with Crippen LogP contribution in [0.15, 0.2) is 66.9 Å². The summed E-state index contributed by atoms with van der Waals surface area (Å²) in [5.41, 5.74) is 1.79. The van der Waals surface area contributed by atoms with Crippen molar-refractivity contribution >= 4 is 58.1 Å². The van der Waals surface area contributed by atoms with Gasteiger partial charge in [-0.3, -0.25) is 9.48 Å². The van der Waals surface area contributed by atoms with Crippen LogP contribution in [0.3, 0.4) is 0 Å². The van der Waals surface area contributed by atoms with E-state index in [1.807, 2.05) is 0 Å². The topological polar surface area (TPSA) is 65.4 Å². The number of amides is 1. The summed E-state index contributed by atoms with van der Waals surface area (Å²) < 4.78 is 12.8. The first-order valence-electron chi connectivity index (χ1n) is 10.4. The van der Waals surface area contributed by atoms with Gasteiger partial charge in [0.1, 0.15) is 23.1 Å². The third kappa shape index (κ3) is 6.21. The molecule has 0 saturated heterocycles. The Kier molecular flexibility index (Phi) is 8.08. The molecule has 0 aliphatic rings. The Hall–Kier alpha value is -2.90. The van der Waals surface area contributed by atoms with Crippen LogP contribution in [0.5, 0.6) is 11.5 Å². The number of methoxy groups -OCH3 is 1. The molecule has 0 unspecified atom stereocenters. The monoisotopic (exact) mass is 549 g/mol. The number of hydrogen-bond acceptors (Lipinski definition) is 4. The summed E-state index contributed by atoms with van der Waals surface area (Å²) in [5, 5.41) is 9.03. The predicted molar refractivity (Wildman–Crippen MR) is 140 cm³/mol. The van der Waals surface area contributed by atoms with E-state index >= 15 is 0 Å². The maximum absolute atomic E-state index is 12.9. The van der Waals surface area contributed by atoms with Gasteiger partial charge in [0, 0.05) is 38.0 Å². The summed E-state index contributed by atoms with van der Waals surface area (Å²) >= 11 is 24.7. The van der Waals surface area contributed by atoms with Crippen molar-refractivity contribution in [2.45, 2.75) is 13.2 Å². The van der Waals surface area contributed by atoms with E-state index in [1.165, 1.54) is 0 Å². The molecule has 0 aliphatic heterocycles. The van der Waals surface area contributed by atoms with Crippen molar-refractivity contribution < 1.29 is 14.3 Å². The average molecular weight is 551 g/mol. The number of aromatic nitrogens is 2. The van der Waals surface area contributed by atoms with Gasteiger partial charge < -0.3 is 14.8 Å². The van der Waals surface area contributed by atoms with E-state index in [1.54, 1.807) is 78.7 Å². The minimum atomic E-state index is -0.386. The average Bonchev–Trinajstić information content (AvgIpc) is 3.19. The van der Waals surface area contributed by atoms with Gasteiger partial charge in [-0.2, -0.15) is 5.10 Å². The highest BCUT2D eigenvalue weighted by atomic mass is 35.5. The SMILES string of the molecule is COc1ccc(C(=O)Nc2nn(Cc3c(Cl)cccc3Cl)cc2Cl)cc1COc1ccc(Cl)cc1. The fourth-order valence-electron chi connectivity index (χ4n) is 3.31. The highest BCUT2D eigenvalue weighted by molar-refractivity contribution is 6.36. The lowest BCUT2D eigenvalue weighted by Crippen LogP contribution is -2.14. The summed E-state index contributed by atoms with van der Waals surface area (Å²) in [6.45, 7) is 0.489. The van der Waals surface area contributed by atoms with Crippen molar-refractivity contribution in [1.29, 1.82) is 0 Å². The number of rotatable bonds is 8. The van der Waals surface area contributed by atoms with Gasteiger partial charge in [-0.1, -0.05) is 52.5 Å². The Morgan fingerprint density at radius 2 is 1.69 bits per heavy atom. The van der Waals surface area contributed by atoms with Crippen LogP contribution in [0.2, 0.25) is 20.1 Å². The zero-order valence-corrected chi connectivity index (χ0v) is 21.4. The molecule has 1 amide bonds. The molecule has 180 valence electrons. The number of anilines is 1. The van der Waals surface area contributed by atoms with Gasteiger partial charge in [0.15, 0.2) is 5.82 Å². The van der Waals surface area contributed by atoms with Crippen LogP contribution >= 0.6 is 46.4 Å². The normalized spacial score (nSPS) is 10.8. The molecule has 3 aromatic carbocycles. The number of hydrogen-bond donors (Lipinski definition) is 1. The lowest BCUT2D eigenvalue weighted by molar-refractivity contribution is 0.102. The Morgan fingerprint density at radius 1 is 0.971 bits per heavy atom. The summed E-state index contributed by atoms with van der Waals surface area (Å²) in [6.07, 6.45) is 1.59. The second-order valence-corrected chi connectivity index (χ2v) is 9.10. The standard InChI is InChI=1S/C25H19Cl4N3O3/c1-34-23-10-5-15(11-16(23)14-35-18-8-6-17(26)7-9-18)25(33)30-24-22(29)13-32(31-24)12-19-20(27)3-2-4-21(19)28/h2-11,13H,12,14H2,1H3,(H,30,31,33). The Balaban J connectivity index is 1.48. The second-order valence-electron chi connectivity index (χ2n) is 7.45. The Labute approximate surface area is 222 Å². The van der Waals surface area contributed by atoms with E-state index < -0.39 is 0 Å². The molecule has 0 spiro atoms. The van der Waals surface area contributed by atoms with Gasteiger partial charge in [-0.05, 0) is 54.6 Å². The van der Waals surface area contributed by atoms with Crippen molar-refractivity contribution in [2.75, 3.05) is 12.4 Å². The second kappa shape index (κ2) is 11.2. The zero-order valence-electron chi connectivity index (χ0n) is 18.4. The number of carbonyl (C=O) groups excluding carboxylic acids is 1. The van der Waals surface area contributed by atoms with E-state index in [-0.39, 0.29) is 23.4 Å². The van der Waals surface area contributed by atoms with Crippen molar-refractivity contribution in [2.24, 2.45) is 0 Å². The number of halogens is 4. The van der Waals surface area contributed by atoms with Crippen LogP contribution in [0.25, 0.3) is 0 Å². The molecule has 6 nitrogen and oxygen atoms in total. The number of carbonyl (C=O) groups is 1. The molecule has 10 heteroatoms. The molecule has 4 aromatic rings. The van der Waals surface area contributed by atoms with E-state index in [0.29, 0.717) is 49.8 Å². The smallest absolute Gasteiger partial charge is 0.256 e. The van der Waals surface area contributed by atoms with Crippen molar-refractivity contribution in [3.63, 3.8) is 0 Å². The van der Waals surface area contributed by atoms with Crippen molar-refractivity contribution in [3.8, 4) is 11.5 Å². The number of nitrogens with one attached hydrogen (secondary N) is 1. The lowest BCUT2D eigenvalue weighted by atomic mass is 10.1. The van der Waals surface area contributed by atoms with Gasteiger partial charge in [-0.15, -0.1) is 0 Å². The van der Waals surface area contributed by atoms with E-state index in [2.05, 4.69) is 10.4 Å². The first-order valence-corrected chi connectivity index (χ1v) is 11.9. The molecule has 0 radical (unpaired) electrons. The summed E-state index contributed by atoms with van der Waals surface area (Å²) in [6, 6.07) is 17.3. The number of nitrogens with zero attached hydrogens (tertiary/aromatic N) is 2. The Bertz CT molecular complexity index is 1340. The molecule has 1 heterocycles. The van der Waals surface area contributed by atoms with Crippen molar-refractivity contribution in [1.82, 2.24) is 9.78 Å². The molecule has 0 atom stereocenters. The summed E-state index contributed by atoms with van der Waals surface area (Å²) in [4.78, 5) is 12.9. The van der Waals surface area contributed by atoms with Gasteiger partial charge in [-0.25, -0.2) is 0 Å². The molecule has 0 fully saturated rings. The van der Waals surface area contributed by atoms with Crippen LogP contribution in [0.1, 0.15) is 21.5 Å². The molecule has 35 heavy (non-hydrogen) atoms. The summed E-state index contributed by atoms with van der Waals surface area (Å²) in [7, 11) is 1.55. The lowest BCUT2D eigenvalue weighted by Gasteiger charge is -2.12. The highest BCUT2D eigenvalue weighted by Crippen LogP contribution is 2.28. The number of benzene rings is 3. The third-order valence-corrected chi connectivity index (χ3v) is 6.32. The number of ether oxygens (including phenoxy) is 2. The summed E-state index contributed by atoms with van der Waals surface area (Å²) in [5.74, 6) is 1.06. The van der Waals surface area contributed by atoms with Crippen LogP contribution in [0.4, 0.5) is 5.82 Å². The molecule has 1 N–H and O–H groups in total. The largest absolute Gasteiger partial charge is 0.496 e. The van der Waals surface area contributed by atoms with Crippen LogP contribution in [0, 0.1) is 0 Å². The fourth-order valence-corrected chi connectivity index (χ4v) is 4.15. The minimum absolute atomic E-state index is 0.194. The van der Waals surface area contributed by atoms with Gasteiger partial charge >= 0.3 is 0 Å². The zero-order chi connectivity index (χ0) is 24.9. The van der Waals surface area contributed by atoms with E-state index in [0.717, 1.165) is 0 Å². The van der Waals surface area contributed by atoms with Gasteiger partial charge in [0.05, 0.1) is 13.7 Å². The Morgan fingerprint density at radius 3 is 2.37 bits per heavy atom. The maximum atomic E-state index is 12.9. The molecule has 0 saturated carbocycles. The van der Waals surface area contributed by atoms with E-state index in [4.69, 9.17) is 55.9 Å². The molecule has 1 aromatic heterocycles. The highest BCUT2D eigenvalue weighted by Gasteiger charge is 2.16. The van der Waals surface area contributed by atoms with Gasteiger partial charge in [0.2, 0.25) is 0 Å². The predicted octanol–water partition coefficient (Wildman–Crippen LogP) is 7.38. The quantitative estimate of drug-likeness (QED) is 0.248. The third-order valence-electron chi connectivity index (χ3n) is 5.08. The first-order chi connectivity index (χ1) is 16.8. The van der Waals surface area contributed by atoms with Crippen molar-refractivity contribution in [3.05, 3.63) is 104 Å². The van der Waals surface area contributed by atoms with Gasteiger partial charge in [0.25, 0.3) is 5.91 Å². The van der Waals surface area contributed by atoms with Crippen LogP contribution in [-0.2, 0) is 13.2 Å². The van der Waals surface area contributed by atoms with E-state index in [9.17, 15) is 4.79 Å². The first kappa shape index (κ1) is 25.2. The van der Waals surface area contributed by atoms with Crippen LogP contribution < -0.4 is 14.8 Å². The van der Waals surface area contributed by atoms with Crippen LogP contribution in [-0.4, -0.2) is 22.8 Å². The fraction of sp³-hybridized carbons (Fsp3) is 0.120. The molecule has 0 aliphatic carbocycles.